The van der Waals surface area contributed by atoms with Crippen LogP contribution in [0.1, 0.15) is 35.4 Å². The van der Waals surface area contributed by atoms with E-state index in [1.54, 1.807) is 5.38 Å². The predicted octanol–water partition coefficient (Wildman–Crippen LogP) is 3.37. The molecule has 19 heavy (non-hydrogen) atoms. The van der Waals surface area contributed by atoms with Gasteiger partial charge in [0.2, 0.25) is 0 Å². The van der Waals surface area contributed by atoms with Crippen molar-refractivity contribution >= 4 is 38.3 Å². The van der Waals surface area contributed by atoms with Gasteiger partial charge in [-0.15, -0.1) is 11.3 Å². The lowest BCUT2D eigenvalue weighted by atomic mass is 10.0. The quantitative estimate of drug-likeness (QED) is 0.897. The van der Waals surface area contributed by atoms with E-state index in [0.717, 1.165) is 16.5 Å². The van der Waals surface area contributed by atoms with Gasteiger partial charge >= 0.3 is 0 Å². The molecule has 1 unspecified atom stereocenters. The van der Waals surface area contributed by atoms with Crippen LogP contribution in [0.5, 0.6) is 0 Å². The number of nitrogens with two attached hydrogens (primary N) is 1. The summed E-state index contributed by atoms with van der Waals surface area (Å²) in [6, 6.07) is 7.89. The maximum atomic E-state index is 12.0. The average molecular weight is 340 g/mol. The fraction of sp³-hybridized carbons (Fsp3) is 0.231. The Morgan fingerprint density at radius 2 is 2.16 bits per heavy atom. The van der Waals surface area contributed by atoms with Crippen LogP contribution in [0.2, 0.25) is 0 Å². The number of nitrogen functional groups attached to an aromatic ring is 1. The number of carbonyl (C=O) groups is 1. The topological polar surface area (TPSA) is 68.0 Å². The SMILES string of the molecule is CCC(NC(=O)c1csc(N)n1)c1ccc(Br)cc1. The number of carbonyl (C=O) groups excluding carboxylic acids is 1. The Kier molecular flexibility index (Phi) is 4.55. The molecule has 0 aliphatic rings. The summed E-state index contributed by atoms with van der Waals surface area (Å²) in [6.45, 7) is 2.03. The number of hydrogen-bond acceptors (Lipinski definition) is 4. The molecule has 0 bridgehead atoms. The smallest absolute Gasteiger partial charge is 0.271 e. The summed E-state index contributed by atoms with van der Waals surface area (Å²) in [7, 11) is 0. The van der Waals surface area contributed by atoms with Crippen LogP contribution in [-0.2, 0) is 0 Å². The predicted molar refractivity (Wildman–Crippen MR) is 81.2 cm³/mol. The maximum Gasteiger partial charge on any atom is 0.271 e. The summed E-state index contributed by atoms with van der Waals surface area (Å²) >= 11 is 4.66. The fourth-order valence-electron chi connectivity index (χ4n) is 1.74. The van der Waals surface area contributed by atoms with Crippen LogP contribution >= 0.6 is 27.3 Å². The molecule has 0 fully saturated rings. The van der Waals surface area contributed by atoms with Gasteiger partial charge in [-0.25, -0.2) is 4.98 Å². The van der Waals surface area contributed by atoms with E-state index in [1.807, 2.05) is 31.2 Å². The molecule has 3 N–H and O–H groups in total. The molecule has 2 aromatic rings. The van der Waals surface area contributed by atoms with E-state index in [0.29, 0.717) is 10.8 Å². The third-order valence-electron chi connectivity index (χ3n) is 2.74. The molecular formula is C13H14BrN3OS. The van der Waals surface area contributed by atoms with E-state index >= 15 is 0 Å². The van der Waals surface area contributed by atoms with Gasteiger partial charge in [-0.3, -0.25) is 4.79 Å². The molecule has 1 atom stereocenters. The standard InChI is InChI=1S/C13H14BrN3OS/c1-2-10(8-3-5-9(14)6-4-8)16-12(18)11-7-19-13(15)17-11/h3-7,10H,2H2,1H3,(H2,15,17)(H,16,18). The Balaban J connectivity index is 2.11. The van der Waals surface area contributed by atoms with E-state index in [4.69, 9.17) is 5.73 Å². The Morgan fingerprint density at radius 1 is 1.47 bits per heavy atom. The van der Waals surface area contributed by atoms with Crippen LogP contribution in [-0.4, -0.2) is 10.9 Å². The molecule has 0 saturated carbocycles. The molecule has 0 aliphatic carbocycles. The van der Waals surface area contributed by atoms with Crippen molar-refractivity contribution in [1.82, 2.24) is 10.3 Å². The van der Waals surface area contributed by atoms with Gasteiger partial charge in [0.05, 0.1) is 6.04 Å². The second-order valence-corrected chi connectivity index (χ2v) is 5.86. The molecule has 2 rings (SSSR count). The van der Waals surface area contributed by atoms with Gasteiger partial charge in [-0.1, -0.05) is 35.0 Å². The Labute approximate surface area is 124 Å². The molecule has 1 heterocycles. The van der Waals surface area contributed by atoms with Crippen LogP contribution in [0.4, 0.5) is 5.13 Å². The molecule has 1 aromatic heterocycles. The van der Waals surface area contributed by atoms with Crippen molar-refractivity contribution in [3.05, 3.63) is 45.4 Å². The molecule has 100 valence electrons. The number of aromatic nitrogens is 1. The summed E-state index contributed by atoms with van der Waals surface area (Å²) in [5, 5.41) is 5.04. The minimum atomic E-state index is -0.192. The van der Waals surface area contributed by atoms with Gasteiger partial charge in [0, 0.05) is 9.85 Å². The van der Waals surface area contributed by atoms with Gasteiger partial charge < -0.3 is 11.1 Å². The normalized spacial score (nSPS) is 12.1. The number of nitrogens with zero attached hydrogens (tertiary/aromatic N) is 1. The Bertz CT molecular complexity index is 568. The van der Waals surface area contributed by atoms with E-state index in [9.17, 15) is 4.79 Å². The van der Waals surface area contributed by atoms with Crippen molar-refractivity contribution < 1.29 is 4.79 Å². The van der Waals surface area contributed by atoms with Crippen LogP contribution in [0, 0.1) is 0 Å². The fourth-order valence-corrected chi connectivity index (χ4v) is 2.55. The summed E-state index contributed by atoms with van der Waals surface area (Å²) < 4.78 is 1.02. The summed E-state index contributed by atoms with van der Waals surface area (Å²) in [5.41, 5.74) is 6.97. The molecule has 0 spiro atoms. The highest BCUT2D eigenvalue weighted by molar-refractivity contribution is 9.10. The molecule has 1 amide bonds. The second-order valence-electron chi connectivity index (χ2n) is 4.06. The molecular weight excluding hydrogens is 326 g/mol. The zero-order chi connectivity index (χ0) is 13.8. The molecule has 0 aliphatic heterocycles. The van der Waals surface area contributed by atoms with Gasteiger partial charge in [0.25, 0.3) is 5.91 Å². The molecule has 4 nitrogen and oxygen atoms in total. The second kappa shape index (κ2) is 6.16. The van der Waals surface area contributed by atoms with Gasteiger partial charge in [-0.05, 0) is 24.1 Å². The van der Waals surface area contributed by atoms with Crippen molar-refractivity contribution in [1.29, 1.82) is 0 Å². The highest BCUT2D eigenvalue weighted by Crippen LogP contribution is 2.20. The largest absolute Gasteiger partial charge is 0.375 e. The van der Waals surface area contributed by atoms with E-state index in [-0.39, 0.29) is 11.9 Å². The maximum absolute atomic E-state index is 12.0. The number of benzene rings is 1. The number of thiazole rings is 1. The van der Waals surface area contributed by atoms with Crippen molar-refractivity contribution in [2.24, 2.45) is 0 Å². The third-order valence-corrected chi connectivity index (χ3v) is 3.94. The van der Waals surface area contributed by atoms with Gasteiger partial charge in [0.1, 0.15) is 5.69 Å². The first kappa shape index (κ1) is 14.0. The zero-order valence-electron chi connectivity index (χ0n) is 10.4. The van der Waals surface area contributed by atoms with Crippen LogP contribution in [0.3, 0.4) is 0 Å². The highest BCUT2D eigenvalue weighted by atomic mass is 79.9. The highest BCUT2D eigenvalue weighted by Gasteiger charge is 2.16. The minimum Gasteiger partial charge on any atom is -0.375 e. The molecule has 0 radical (unpaired) electrons. The number of anilines is 1. The number of rotatable bonds is 4. The lowest BCUT2D eigenvalue weighted by molar-refractivity contribution is 0.0931. The minimum absolute atomic E-state index is 0.0245. The molecule has 0 saturated heterocycles. The summed E-state index contributed by atoms with van der Waals surface area (Å²) in [5.74, 6) is -0.192. The van der Waals surface area contributed by atoms with Crippen LogP contribution in [0.15, 0.2) is 34.1 Å². The van der Waals surface area contributed by atoms with Crippen molar-refractivity contribution in [2.75, 3.05) is 5.73 Å². The lowest BCUT2D eigenvalue weighted by Crippen LogP contribution is -2.28. The van der Waals surface area contributed by atoms with Crippen LogP contribution < -0.4 is 11.1 Å². The van der Waals surface area contributed by atoms with Gasteiger partial charge in [0.15, 0.2) is 5.13 Å². The van der Waals surface area contributed by atoms with Crippen LogP contribution in [0.25, 0.3) is 0 Å². The van der Waals surface area contributed by atoms with Gasteiger partial charge in [-0.2, -0.15) is 0 Å². The van der Waals surface area contributed by atoms with E-state index < -0.39 is 0 Å². The first-order chi connectivity index (χ1) is 9.10. The average Bonchev–Trinajstić information content (AvgIpc) is 2.84. The van der Waals surface area contributed by atoms with Crippen molar-refractivity contribution in [3.8, 4) is 0 Å². The number of amides is 1. The molecule has 1 aromatic carbocycles. The van der Waals surface area contributed by atoms with Crippen molar-refractivity contribution in [3.63, 3.8) is 0 Å². The third kappa shape index (κ3) is 3.54. The zero-order valence-corrected chi connectivity index (χ0v) is 12.8. The monoisotopic (exact) mass is 339 g/mol. The first-order valence-electron chi connectivity index (χ1n) is 5.87. The lowest BCUT2D eigenvalue weighted by Gasteiger charge is -2.16. The molecule has 6 heteroatoms. The summed E-state index contributed by atoms with van der Waals surface area (Å²) in [6.07, 6.45) is 0.812. The number of halogens is 1. The van der Waals surface area contributed by atoms with E-state index in [1.165, 1.54) is 11.3 Å². The number of hydrogen-bond donors (Lipinski definition) is 2. The Hall–Kier alpha value is -1.40. The van der Waals surface area contributed by atoms with Crippen molar-refractivity contribution in [2.45, 2.75) is 19.4 Å². The Morgan fingerprint density at radius 3 is 2.68 bits per heavy atom. The first-order valence-corrected chi connectivity index (χ1v) is 7.54. The summed E-state index contributed by atoms with van der Waals surface area (Å²) in [4.78, 5) is 16.0. The van der Waals surface area contributed by atoms with E-state index in [2.05, 4.69) is 26.2 Å². The number of nitrogens with one attached hydrogen (secondary N) is 1.